The number of rotatable bonds is 18. The van der Waals surface area contributed by atoms with Crippen LogP contribution in [-0.4, -0.2) is 204 Å². The number of phenols is 3. The summed E-state index contributed by atoms with van der Waals surface area (Å²) in [5.41, 5.74) is 17.1. The zero-order valence-corrected chi connectivity index (χ0v) is 37.7. The zero-order chi connectivity index (χ0) is 50.3. The Morgan fingerprint density at radius 3 is 1.23 bits per heavy atom. The van der Waals surface area contributed by atoms with Crippen molar-refractivity contribution in [1.29, 1.82) is 0 Å². The second-order valence-electron chi connectivity index (χ2n) is 16.6. The van der Waals surface area contributed by atoms with Crippen molar-refractivity contribution < 1.29 is 93.1 Å². The molecule has 3 aliphatic heterocycles. The fraction of sp³-hybridized carbons (Fsp3) is 0.523. The Labute approximate surface area is 394 Å². The lowest BCUT2D eigenvalue weighted by atomic mass is 9.91. The van der Waals surface area contributed by atoms with Gasteiger partial charge in [-0.05, 0) is 75.7 Å². The van der Waals surface area contributed by atoms with Crippen LogP contribution in [0.2, 0.25) is 0 Å². The molecule has 3 aromatic rings. The van der Waals surface area contributed by atoms with E-state index in [1.165, 1.54) is 75.7 Å². The van der Waals surface area contributed by atoms with Gasteiger partial charge in [0.2, 0.25) is 0 Å². The second kappa shape index (κ2) is 23.3. The van der Waals surface area contributed by atoms with Gasteiger partial charge in [-0.2, -0.15) is 0 Å². The van der Waals surface area contributed by atoms with Crippen LogP contribution in [0.15, 0.2) is 54.6 Å². The minimum absolute atomic E-state index is 0.145. The lowest BCUT2D eigenvalue weighted by Gasteiger charge is -2.47. The molecule has 380 valence electrons. The third-order valence-electron chi connectivity index (χ3n) is 12.1. The van der Waals surface area contributed by atoms with E-state index in [9.17, 15) is 55.2 Å². The van der Waals surface area contributed by atoms with Crippen molar-refractivity contribution in [2.45, 2.75) is 91.6 Å². The van der Waals surface area contributed by atoms with Crippen LogP contribution in [0, 0.1) is 0 Å². The Morgan fingerprint density at radius 1 is 0.478 bits per heavy atom. The van der Waals surface area contributed by atoms with Gasteiger partial charge in [0.25, 0.3) is 0 Å². The van der Waals surface area contributed by atoms with Gasteiger partial charge < -0.3 is 112 Å². The van der Waals surface area contributed by atoms with Crippen molar-refractivity contribution in [3.05, 3.63) is 71.3 Å². The van der Waals surface area contributed by atoms with E-state index in [1.54, 1.807) is 0 Å². The molecule has 0 aromatic heterocycles. The molecule has 0 saturated carbocycles. The number of nitrogen functional groups attached to an aromatic ring is 3. The molecule has 0 spiro atoms. The number of anilines is 3. The summed E-state index contributed by atoms with van der Waals surface area (Å²) in [4.78, 5) is 39.1. The molecule has 69 heavy (non-hydrogen) atoms. The van der Waals surface area contributed by atoms with E-state index in [0.29, 0.717) is 0 Å². The van der Waals surface area contributed by atoms with Gasteiger partial charge in [0.15, 0.2) is 6.29 Å². The van der Waals surface area contributed by atoms with Gasteiger partial charge >= 0.3 is 17.9 Å². The zero-order valence-electron chi connectivity index (χ0n) is 37.7. The minimum Gasteiger partial charge on any atom is -0.507 e. The van der Waals surface area contributed by atoms with Gasteiger partial charge in [0.05, 0.1) is 43.5 Å². The maximum atomic E-state index is 13.3. The molecule has 15 atom stereocenters. The number of hydrogen-bond acceptors (Lipinski definition) is 25. The van der Waals surface area contributed by atoms with Crippen LogP contribution in [0.1, 0.15) is 31.1 Å². The summed E-state index contributed by atoms with van der Waals surface area (Å²) in [6, 6.07) is 8.18. The number of aromatic hydroxyl groups is 3. The number of likely N-dealkylation sites (N-methyl/N-ethyl adjacent to an activating group) is 3. The summed E-state index contributed by atoms with van der Waals surface area (Å²) >= 11 is 0. The number of carbonyl (C=O) groups excluding carboxylic acids is 3. The van der Waals surface area contributed by atoms with E-state index < -0.39 is 160 Å². The first-order valence-corrected chi connectivity index (χ1v) is 21.8. The summed E-state index contributed by atoms with van der Waals surface area (Å²) < 4.78 is 47.0. The van der Waals surface area contributed by atoms with Crippen molar-refractivity contribution in [2.75, 3.05) is 71.4 Å². The number of esters is 3. The summed E-state index contributed by atoms with van der Waals surface area (Å²) in [6.45, 7) is -2.64. The highest BCUT2D eigenvalue weighted by Gasteiger charge is 2.51. The first-order valence-electron chi connectivity index (χ1n) is 21.8. The van der Waals surface area contributed by atoms with Crippen LogP contribution in [0.3, 0.4) is 0 Å². The van der Waals surface area contributed by atoms with E-state index in [1.807, 2.05) is 0 Å². The van der Waals surface area contributed by atoms with E-state index in [2.05, 4.69) is 16.0 Å². The molecule has 3 saturated heterocycles. The highest BCUT2D eigenvalue weighted by molar-refractivity contribution is 5.94. The Morgan fingerprint density at radius 2 is 0.826 bits per heavy atom. The highest BCUT2D eigenvalue weighted by Crippen LogP contribution is 2.31. The predicted octanol–water partition coefficient (Wildman–Crippen LogP) is -3.35. The van der Waals surface area contributed by atoms with Crippen LogP contribution >= 0.6 is 0 Å². The molecule has 3 heterocycles. The molecule has 3 aromatic carbocycles. The Balaban J connectivity index is 1.20. The van der Waals surface area contributed by atoms with Crippen LogP contribution < -0.4 is 33.2 Å². The van der Waals surface area contributed by atoms with Crippen LogP contribution in [-0.2, 0) is 37.9 Å². The highest BCUT2D eigenvalue weighted by atomic mass is 16.7. The SMILES string of the molecule is CNC1[C@H](CO[C@@H]2C(COC(=O)c3cc(N)ccc3O)O[C@@H](CO[C@@H]3C(COC(=O)c4cc(N)ccc4O)O[C@@H](O)C(NC)[C@@H]3O)C(NC)[C@@H]2O)OC(COC(=O)c2cc(N)ccc2O)[C@@H](O)[C@H]1O. The molecule has 0 bridgehead atoms. The van der Waals surface area contributed by atoms with Gasteiger partial charge in [-0.25, -0.2) is 14.4 Å². The minimum atomic E-state index is -1.60. The molecule has 3 fully saturated rings. The molecule has 17 N–H and O–H groups in total. The summed E-state index contributed by atoms with van der Waals surface area (Å²) in [7, 11) is 4.44. The van der Waals surface area contributed by atoms with Gasteiger partial charge in [0.1, 0.15) is 109 Å². The number of benzene rings is 3. The van der Waals surface area contributed by atoms with Crippen molar-refractivity contribution >= 4 is 35.0 Å². The molecule has 3 aliphatic rings. The molecule has 0 aliphatic carbocycles. The maximum absolute atomic E-state index is 13.3. The van der Waals surface area contributed by atoms with Crippen molar-refractivity contribution in [3.8, 4) is 17.2 Å². The number of hydrogen-bond donors (Lipinski definition) is 14. The van der Waals surface area contributed by atoms with Gasteiger partial charge in [-0.15, -0.1) is 0 Å². The first-order chi connectivity index (χ1) is 32.9. The summed E-state index contributed by atoms with van der Waals surface area (Å²) in [6.07, 6.45) is -16.6. The van der Waals surface area contributed by atoms with E-state index in [-0.39, 0.29) is 33.8 Å². The van der Waals surface area contributed by atoms with Crippen molar-refractivity contribution in [2.24, 2.45) is 0 Å². The van der Waals surface area contributed by atoms with Gasteiger partial charge in [-0.1, -0.05) is 0 Å². The van der Waals surface area contributed by atoms with E-state index in [4.69, 9.17) is 55.1 Å². The lowest BCUT2D eigenvalue weighted by Crippen LogP contribution is -2.67. The van der Waals surface area contributed by atoms with Crippen LogP contribution in [0.25, 0.3) is 0 Å². The number of carbonyl (C=O) groups is 3. The van der Waals surface area contributed by atoms with Gasteiger partial charge in [-0.3, -0.25) is 0 Å². The normalized spacial score (nSPS) is 31.4. The number of nitrogens with one attached hydrogen (secondary N) is 3. The van der Waals surface area contributed by atoms with E-state index in [0.717, 1.165) is 0 Å². The molecular formula is C44H60N6O19. The fourth-order valence-corrected chi connectivity index (χ4v) is 8.41. The molecule has 6 rings (SSSR count). The fourth-order valence-electron chi connectivity index (χ4n) is 8.41. The number of nitrogens with two attached hydrogens (primary N) is 3. The van der Waals surface area contributed by atoms with Crippen molar-refractivity contribution in [3.63, 3.8) is 0 Å². The Bertz CT molecular complexity index is 2240. The molecule has 25 heteroatoms. The Kier molecular flexibility index (Phi) is 17.8. The molecular weight excluding hydrogens is 917 g/mol. The maximum Gasteiger partial charge on any atom is 0.342 e. The molecule has 0 radical (unpaired) electrons. The molecule has 0 amide bonds. The summed E-state index contributed by atoms with van der Waals surface area (Å²) in [5.74, 6) is -4.26. The van der Waals surface area contributed by atoms with Crippen molar-refractivity contribution in [1.82, 2.24) is 16.0 Å². The van der Waals surface area contributed by atoms with Crippen LogP contribution in [0.5, 0.6) is 17.2 Å². The predicted molar refractivity (Wildman–Crippen MR) is 239 cm³/mol. The van der Waals surface area contributed by atoms with Crippen LogP contribution in [0.4, 0.5) is 17.1 Å². The average molecular weight is 977 g/mol. The Hall–Kier alpha value is -5.65. The second-order valence-corrected chi connectivity index (χ2v) is 16.6. The number of aliphatic hydroxyl groups excluding tert-OH is 5. The number of aliphatic hydroxyl groups is 5. The number of ether oxygens (including phenoxy) is 8. The topological polar surface area (TPSA) is 401 Å². The lowest BCUT2D eigenvalue weighted by molar-refractivity contribution is -0.276. The molecule has 25 nitrogen and oxygen atoms in total. The largest absolute Gasteiger partial charge is 0.507 e. The van der Waals surface area contributed by atoms with Gasteiger partial charge in [0, 0.05) is 17.1 Å². The number of phenolic OH excluding ortho intramolecular Hbond substituents is 3. The average Bonchev–Trinajstić information content (AvgIpc) is 3.32. The van der Waals surface area contributed by atoms with E-state index >= 15 is 0 Å². The third kappa shape index (κ3) is 12.2. The third-order valence-corrected chi connectivity index (χ3v) is 12.1. The smallest absolute Gasteiger partial charge is 0.342 e. The standard InChI is InChI=1S/C44H60N6O19/c1-48-32-27(67-29(35(54)36(32)55)15-64-41(58)21-10-18(45)4-7-24(21)51)13-62-39-30(16-65-42(59)22-11-19(46)5-8-25(22)52)68-28(33(49-2)37(39)56)14-63-40-31(69-44(61)34(50-3)38(40)57)17-66-43(60)23-12-20(47)6-9-26(23)53/h4-12,27-40,44,48-57,61H,13-17,45-47H2,1-3H3/t27-,28-,29?,30?,31?,32?,33?,34?,35+,36-,37-,38-,39+,40+,44+/m0/s1. The first kappa shape index (κ1) is 52.7. The molecule has 6 unspecified atom stereocenters. The summed E-state index contributed by atoms with van der Waals surface area (Å²) in [5, 5.41) is 95.7. The monoisotopic (exact) mass is 976 g/mol. The quantitative estimate of drug-likeness (QED) is 0.0256.